The number of rotatable bonds is 8. The summed E-state index contributed by atoms with van der Waals surface area (Å²) in [5.41, 5.74) is 5.98. The van der Waals surface area contributed by atoms with E-state index in [0.717, 1.165) is 11.1 Å². The molecule has 0 aliphatic rings. The smallest absolute Gasteiger partial charge is 0.292 e. The Morgan fingerprint density at radius 2 is 1.45 bits per heavy atom. The van der Waals surface area contributed by atoms with E-state index in [1.54, 1.807) is 62.8 Å². The third-order valence-electron chi connectivity index (χ3n) is 4.03. The van der Waals surface area contributed by atoms with Crippen molar-refractivity contribution in [2.75, 3.05) is 14.2 Å². The number of aromatic amines is 1. The van der Waals surface area contributed by atoms with Crippen LogP contribution in [0.15, 0.2) is 65.1 Å². The molecular weight excluding hydrogens is 400 g/mol. The Morgan fingerprint density at radius 3 is 2.00 bits per heavy atom. The van der Waals surface area contributed by atoms with Gasteiger partial charge in [-0.15, -0.1) is 0 Å². The van der Waals surface area contributed by atoms with E-state index >= 15 is 0 Å². The highest BCUT2D eigenvalue weighted by Crippen LogP contribution is 2.11. The van der Waals surface area contributed by atoms with Crippen LogP contribution in [0.25, 0.3) is 0 Å². The van der Waals surface area contributed by atoms with Gasteiger partial charge in [0.05, 0.1) is 33.0 Å². The number of hydrogen-bond acceptors (Lipinski definition) is 7. The molecule has 0 bridgehead atoms. The van der Waals surface area contributed by atoms with Gasteiger partial charge < -0.3 is 14.5 Å². The van der Waals surface area contributed by atoms with Gasteiger partial charge in [0.25, 0.3) is 11.8 Å². The topological polar surface area (TPSA) is 130 Å². The van der Waals surface area contributed by atoms with Crippen LogP contribution in [0, 0.1) is 0 Å². The summed E-state index contributed by atoms with van der Waals surface area (Å²) in [4.78, 5) is 31.2. The number of carbonyl (C=O) groups is 2. The number of nitrogens with zero attached hydrogens (tertiary/aromatic N) is 3. The monoisotopic (exact) mass is 420 g/mol. The Bertz CT molecular complexity index is 1040. The Balaban J connectivity index is 1.61. The maximum Gasteiger partial charge on any atom is 0.292 e. The molecule has 1 aromatic heterocycles. The van der Waals surface area contributed by atoms with Gasteiger partial charge in [-0.1, -0.05) is 24.3 Å². The van der Waals surface area contributed by atoms with Crippen LogP contribution in [0.2, 0.25) is 0 Å². The Morgan fingerprint density at radius 1 is 0.903 bits per heavy atom. The lowest BCUT2D eigenvalue weighted by atomic mass is 10.2. The third kappa shape index (κ3) is 5.76. The van der Waals surface area contributed by atoms with Crippen molar-refractivity contribution in [2.24, 2.45) is 10.2 Å². The van der Waals surface area contributed by atoms with Gasteiger partial charge in [0.15, 0.2) is 5.69 Å². The first kappa shape index (κ1) is 21.2. The molecule has 0 spiro atoms. The van der Waals surface area contributed by atoms with Gasteiger partial charge in [-0.2, -0.15) is 10.2 Å². The molecule has 0 atom stereocenters. The molecule has 0 radical (unpaired) electrons. The fourth-order valence-corrected chi connectivity index (χ4v) is 2.52. The number of benzene rings is 2. The highest BCUT2D eigenvalue weighted by molar-refractivity contribution is 6.05. The molecule has 10 heteroatoms. The van der Waals surface area contributed by atoms with Gasteiger partial charge in [-0.05, 0) is 35.4 Å². The largest absolute Gasteiger partial charge is 0.497 e. The fraction of sp³-hybridized carbons (Fsp3) is 0.0952. The Kier molecular flexibility index (Phi) is 7.09. The van der Waals surface area contributed by atoms with E-state index in [-0.39, 0.29) is 11.4 Å². The van der Waals surface area contributed by atoms with Gasteiger partial charge >= 0.3 is 0 Å². The van der Waals surface area contributed by atoms with Crippen molar-refractivity contribution in [3.05, 3.63) is 77.4 Å². The molecule has 2 aromatic carbocycles. The molecule has 0 unspecified atom stereocenters. The second-order valence-corrected chi connectivity index (χ2v) is 6.08. The van der Waals surface area contributed by atoms with Crippen molar-refractivity contribution in [3.8, 4) is 11.5 Å². The number of nitrogens with one attached hydrogen (secondary N) is 3. The standard InChI is InChI=1S/C21H20N6O4/c1-30-16-7-3-5-14(9-16)11-24-26-20(28)18-19(23-13-22-18)21(29)27-25-12-15-6-4-8-17(10-15)31-2/h3-13H,1-2H3,(H,22,23)(H,26,28)(H,27,29)/b24-11+,25-12+. The molecule has 3 aromatic rings. The number of hydrazone groups is 2. The molecule has 0 aliphatic carbocycles. The molecule has 158 valence electrons. The number of ether oxygens (including phenoxy) is 2. The number of methoxy groups -OCH3 is 2. The van der Waals surface area contributed by atoms with Crippen LogP contribution < -0.4 is 20.3 Å². The van der Waals surface area contributed by atoms with E-state index in [4.69, 9.17) is 9.47 Å². The molecule has 1 heterocycles. The molecular formula is C21H20N6O4. The Hall–Kier alpha value is -4.47. The molecule has 3 N–H and O–H groups in total. The second-order valence-electron chi connectivity index (χ2n) is 6.08. The van der Waals surface area contributed by atoms with Gasteiger partial charge in [-0.3, -0.25) is 9.59 Å². The normalized spacial score (nSPS) is 10.9. The minimum atomic E-state index is -0.651. The first-order valence-corrected chi connectivity index (χ1v) is 9.09. The molecule has 31 heavy (non-hydrogen) atoms. The van der Waals surface area contributed by atoms with Crippen LogP contribution in [0.1, 0.15) is 32.1 Å². The average Bonchev–Trinajstić information content (AvgIpc) is 3.29. The zero-order valence-electron chi connectivity index (χ0n) is 16.8. The van der Waals surface area contributed by atoms with Crippen molar-refractivity contribution in [2.45, 2.75) is 0 Å². The highest BCUT2D eigenvalue weighted by Gasteiger charge is 2.19. The summed E-state index contributed by atoms with van der Waals surface area (Å²) in [6, 6.07) is 14.3. The van der Waals surface area contributed by atoms with E-state index in [1.807, 2.05) is 0 Å². The van der Waals surface area contributed by atoms with Gasteiger partial charge in [-0.25, -0.2) is 15.8 Å². The molecule has 0 aliphatic heterocycles. The zero-order chi connectivity index (χ0) is 22.1. The van der Waals surface area contributed by atoms with Gasteiger partial charge in [0.2, 0.25) is 0 Å². The van der Waals surface area contributed by atoms with Crippen molar-refractivity contribution in [1.82, 2.24) is 20.8 Å². The lowest BCUT2D eigenvalue weighted by Crippen LogP contribution is -2.25. The third-order valence-corrected chi connectivity index (χ3v) is 4.03. The number of carbonyl (C=O) groups excluding carboxylic acids is 2. The van der Waals surface area contributed by atoms with Crippen molar-refractivity contribution < 1.29 is 19.1 Å². The van der Waals surface area contributed by atoms with Crippen molar-refractivity contribution in [3.63, 3.8) is 0 Å². The fourth-order valence-electron chi connectivity index (χ4n) is 2.52. The van der Waals surface area contributed by atoms with Crippen molar-refractivity contribution in [1.29, 1.82) is 0 Å². The van der Waals surface area contributed by atoms with E-state index < -0.39 is 11.8 Å². The number of H-pyrrole nitrogens is 1. The molecule has 0 saturated heterocycles. The summed E-state index contributed by atoms with van der Waals surface area (Å²) in [6.07, 6.45) is 4.14. The summed E-state index contributed by atoms with van der Waals surface area (Å²) >= 11 is 0. The Labute approximate surface area is 178 Å². The minimum Gasteiger partial charge on any atom is -0.497 e. The quantitative estimate of drug-likeness (QED) is 0.379. The average molecular weight is 420 g/mol. The molecule has 10 nitrogen and oxygen atoms in total. The van der Waals surface area contributed by atoms with E-state index in [1.165, 1.54) is 18.8 Å². The molecule has 2 amide bonds. The van der Waals surface area contributed by atoms with E-state index in [2.05, 4.69) is 31.0 Å². The lowest BCUT2D eigenvalue weighted by Gasteiger charge is -2.02. The number of aromatic nitrogens is 2. The van der Waals surface area contributed by atoms with Crippen LogP contribution in [-0.2, 0) is 0 Å². The van der Waals surface area contributed by atoms with Crippen LogP contribution >= 0.6 is 0 Å². The summed E-state index contributed by atoms with van der Waals surface area (Å²) in [6.45, 7) is 0. The maximum atomic E-state index is 12.4. The van der Waals surface area contributed by atoms with E-state index in [9.17, 15) is 9.59 Å². The first-order valence-electron chi connectivity index (χ1n) is 9.09. The summed E-state index contributed by atoms with van der Waals surface area (Å²) < 4.78 is 10.3. The highest BCUT2D eigenvalue weighted by atomic mass is 16.5. The predicted octanol–water partition coefficient (Wildman–Crippen LogP) is 1.95. The van der Waals surface area contributed by atoms with Crippen molar-refractivity contribution >= 4 is 24.2 Å². The van der Waals surface area contributed by atoms with Crippen LogP contribution in [0.5, 0.6) is 11.5 Å². The summed E-state index contributed by atoms with van der Waals surface area (Å²) in [7, 11) is 3.12. The summed E-state index contributed by atoms with van der Waals surface area (Å²) in [5.74, 6) is 0.0502. The molecule has 0 saturated carbocycles. The maximum absolute atomic E-state index is 12.4. The second kappa shape index (κ2) is 10.3. The lowest BCUT2D eigenvalue weighted by molar-refractivity contribution is 0.0915. The number of amides is 2. The SMILES string of the molecule is COc1cccc(/C=N/NC(=O)c2nc[nH]c2C(=O)N/N=C/c2cccc(OC)c2)c1. The summed E-state index contributed by atoms with van der Waals surface area (Å²) in [5, 5.41) is 7.77. The number of imidazole rings is 1. The molecule has 3 rings (SSSR count). The van der Waals surface area contributed by atoms with Crippen LogP contribution in [0.4, 0.5) is 0 Å². The van der Waals surface area contributed by atoms with Gasteiger partial charge in [0, 0.05) is 0 Å². The minimum absolute atomic E-state index is 0.0446. The molecule has 0 fully saturated rings. The number of hydrogen-bond donors (Lipinski definition) is 3. The van der Waals surface area contributed by atoms with E-state index in [0.29, 0.717) is 11.5 Å². The van der Waals surface area contributed by atoms with Crippen LogP contribution in [0.3, 0.4) is 0 Å². The van der Waals surface area contributed by atoms with Gasteiger partial charge in [0.1, 0.15) is 17.2 Å². The van der Waals surface area contributed by atoms with Crippen LogP contribution in [-0.4, -0.2) is 48.4 Å². The predicted molar refractivity (Wildman–Crippen MR) is 115 cm³/mol. The first-order chi connectivity index (χ1) is 15.1. The zero-order valence-corrected chi connectivity index (χ0v) is 16.8.